The molecule has 4 aliphatic rings. The van der Waals surface area contributed by atoms with Gasteiger partial charge < -0.3 is 25.3 Å². The van der Waals surface area contributed by atoms with Crippen LogP contribution >= 0.6 is 0 Å². The fourth-order valence-corrected chi connectivity index (χ4v) is 7.94. The molecule has 8 rings (SSSR count). The second-order valence-corrected chi connectivity index (χ2v) is 17.0. The lowest BCUT2D eigenvalue weighted by atomic mass is 10.1. The van der Waals surface area contributed by atoms with Crippen LogP contribution in [-0.2, 0) is 46.6 Å². The number of nitrogens with one attached hydrogen (secondary N) is 1. The maximum absolute atomic E-state index is 12.9. The summed E-state index contributed by atoms with van der Waals surface area (Å²) in [5, 5.41) is 21.4. The number of piperazine rings is 2. The lowest BCUT2D eigenvalue weighted by Crippen LogP contribution is -2.55. The Morgan fingerprint density at radius 1 is 0.672 bits per heavy atom. The molecule has 0 aliphatic carbocycles. The molecule has 4 aliphatic heterocycles. The number of aryl methyl sites for hydroxylation is 2. The van der Waals surface area contributed by atoms with Gasteiger partial charge >= 0.3 is 0 Å². The fourth-order valence-electron chi connectivity index (χ4n) is 7.34. The van der Waals surface area contributed by atoms with E-state index in [0.717, 1.165) is 35.9 Å². The van der Waals surface area contributed by atoms with Gasteiger partial charge in [-0.05, 0) is 55.7 Å². The molecular weight excluding hydrogens is 805 g/mol. The van der Waals surface area contributed by atoms with Crippen LogP contribution in [0.5, 0.6) is 11.5 Å². The Kier molecular flexibility index (Phi) is 14.7. The Balaban J connectivity index is 0.000000164. The maximum Gasteiger partial charge on any atom is 0.265 e. The van der Waals surface area contributed by atoms with Crippen molar-refractivity contribution in [3.05, 3.63) is 107 Å². The number of carbonyl (C=O) groups excluding carboxylic acids is 4. The second kappa shape index (κ2) is 20.1. The fraction of sp³-hybridized carbons (Fsp3) is 0.395. The predicted molar refractivity (Wildman–Crippen MR) is 227 cm³/mol. The molecule has 2 aromatic carbocycles. The lowest BCUT2D eigenvalue weighted by molar-refractivity contribution is -0.134. The van der Waals surface area contributed by atoms with Crippen molar-refractivity contribution in [2.45, 2.75) is 51.9 Å². The highest BCUT2D eigenvalue weighted by molar-refractivity contribution is 7.86. The quantitative estimate of drug-likeness (QED) is 0.207. The molecule has 18 heteroatoms. The van der Waals surface area contributed by atoms with Gasteiger partial charge in [0.2, 0.25) is 17.7 Å². The SMILES string of the molecule is Cc1ccc(CN2CCC(N3CCN(c4ccc(O)cn4)C(=O)C3)C2=O)cc1.Cc1ccc(CN2CC[C@H](OS(C)(=O)=O)C2=O)cc1.O=C1CNCCN1c1ccc(O)cn1. The van der Waals surface area contributed by atoms with E-state index in [-0.39, 0.29) is 47.7 Å². The van der Waals surface area contributed by atoms with Crippen LogP contribution in [0.3, 0.4) is 0 Å². The molecule has 4 amide bonds. The molecule has 1 unspecified atom stereocenters. The number of benzene rings is 2. The molecule has 0 saturated carbocycles. The van der Waals surface area contributed by atoms with Crippen molar-refractivity contribution in [1.29, 1.82) is 0 Å². The molecule has 17 nitrogen and oxygen atoms in total. The number of hydrogen-bond donors (Lipinski definition) is 3. The highest BCUT2D eigenvalue weighted by Crippen LogP contribution is 2.24. The summed E-state index contributed by atoms with van der Waals surface area (Å²) in [5.41, 5.74) is 4.52. The van der Waals surface area contributed by atoms with Crippen molar-refractivity contribution in [3.8, 4) is 11.5 Å². The Morgan fingerprint density at radius 3 is 1.69 bits per heavy atom. The molecule has 3 N–H and O–H groups in total. The average Bonchev–Trinajstić information content (AvgIpc) is 3.76. The van der Waals surface area contributed by atoms with E-state index < -0.39 is 16.2 Å². The number of pyridine rings is 2. The summed E-state index contributed by atoms with van der Waals surface area (Å²) < 4.78 is 26.9. The predicted octanol–water partition coefficient (Wildman–Crippen LogP) is 2.34. The van der Waals surface area contributed by atoms with Crippen molar-refractivity contribution < 1.29 is 42.0 Å². The molecule has 6 heterocycles. The molecule has 2 atom stereocenters. The van der Waals surface area contributed by atoms with Crippen LogP contribution in [0, 0.1) is 13.8 Å². The Hall–Kier alpha value is -5.95. The second-order valence-electron chi connectivity index (χ2n) is 15.4. The van der Waals surface area contributed by atoms with Crippen LogP contribution in [0.2, 0.25) is 0 Å². The minimum atomic E-state index is -3.59. The number of carbonyl (C=O) groups is 4. The van der Waals surface area contributed by atoms with Crippen molar-refractivity contribution in [1.82, 2.24) is 30.0 Å². The van der Waals surface area contributed by atoms with Crippen molar-refractivity contribution >= 4 is 45.4 Å². The molecule has 4 aromatic rings. The summed E-state index contributed by atoms with van der Waals surface area (Å²) in [4.78, 5) is 65.7. The molecule has 0 bridgehead atoms. The molecule has 2 aromatic heterocycles. The van der Waals surface area contributed by atoms with Crippen molar-refractivity contribution in [3.63, 3.8) is 0 Å². The zero-order valence-corrected chi connectivity index (χ0v) is 35.3. The molecular formula is C43H52N8O9S. The summed E-state index contributed by atoms with van der Waals surface area (Å²) in [6.45, 7) is 9.44. The maximum atomic E-state index is 12.9. The third-order valence-electron chi connectivity index (χ3n) is 10.6. The summed E-state index contributed by atoms with van der Waals surface area (Å²) in [6, 6.07) is 22.2. The number of amides is 4. The van der Waals surface area contributed by atoms with E-state index in [4.69, 9.17) is 9.29 Å². The van der Waals surface area contributed by atoms with Crippen molar-refractivity contribution in [2.75, 3.05) is 68.4 Å². The highest BCUT2D eigenvalue weighted by atomic mass is 32.2. The van der Waals surface area contributed by atoms with Gasteiger partial charge in [-0.3, -0.25) is 38.1 Å². The number of rotatable bonds is 9. The van der Waals surface area contributed by atoms with Gasteiger partial charge in [-0.15, -0.1) is 0 Å². The van der Waals surface area contributed by atoms with Crippen LogP contribution < -0.4 is 15.1 Å². The van der Waals surface area contributed by atoms with Crippen LogP contribution in [0.25, 0.3) is 0 Å². The minimum Gasteiger partial charge on any atom is -0.506 e. The minimum absolute atomic E-state index is 0.00874. The third kappa shape index (κ3) is 12.3. The smallest absolute Gasteiger partial charge is 0.265 e. The Labute approximate surface area is 355 Å². The first kappa shape index (κ1) is 44.6. The molecule has 0 radical (unpaired) electrons. The van der Waals surface area contributed by atoms with Gasteiger partial charge in [0.05, 0.1) is 37.8 Å². The molecule has 324 valence electrons. The van der Waals surface area contributed by atoms with E-state index in [1.807, 2.05) is 47.9 Å². The first-order valence-corrected chi connectivity index (χ1v) is 21.9. The Bertz CT molecular complexity index is 2260. The zero-order valence-electron chi connectivity index (χ0n) is 34.5. The van der Waals surface area contributed by atoms with Crippen molar-refractivity contribution in [2.24, 2.45) is 0 Å². The summed E-state index contributed by atoms with van der Waals surface area (Å²) in [7, 11) is -3.59. The van der Waals surface area contributed by atoms with E-state index >= 15 is 0 Å². The number of hydrogen-bond acceptors (Lipinski definition) is 13. The average molecular weight is 857 g/mol. The number of aromatic hydroxyl groups is 2. The standard InChI is InChI=1S/C21H24N4O3.C13H17NO4S.C9H11N3O2/c1-15-2-4-16(5-3-15)13-24-9-8-18(21(24)28)23-10-11-25(20(27)14-23)19-7-6-17(26)12-22-19;1-10-3-5-11(6-4-10)9-14-8-7-12(13(14)15)18-19(2,16)17;13-7-1-2-8(11-5-7)12-4-3-10-6-9(12)14/h2-7,12,18,26H,8-11,13-14H2,1H3;3-6,12H,7-9H2,1-2H3;1-2,5,10,13H,3-4,6H2/t;12-;/m.0./s1. The number of likely N-dealkylation sites (tertiary alicyclic amines) is 2. The van der Waals surface area contributed by atoms with E-state index in [0.29, 0.717) is 70.4 Å². The number of nitrogens with zero attached hydrogens (tertiary/aromatic N) is 7. The van der Waals surface area contributed by atoms with E-state index in [1.165, 1.54) is 30.1 Å². The summed E-state index contributed by atoms with van der Waals surface area (Å²) in [6.07, 6.45) is 3.93. The van der Waals surface area contributed by atoms with Gasteiger partial charge in [0, 0.05) is 58.8 Å². The molecule has 4 fully saturated rings. The van der Waals surface area contributed by atoms with E-state index in [2.05, 4.69) is 39.6 Å². The van der Waals surface area contributed by atoms with Gasteiger partial charge in [-0.25, -0.2) is 9.97 Å². The van der Waals surface area contributed by atoms with Crippen LogP contribution in [0.1, 0.15) is 35.1 Å². The normalized spacial score (nSPS) is 19.7. The van der Waals surface area contributed by atoms with Gasteiger partial charge in [0.15, 0.2) is 6.10 Å². The monoisotopic (exact) mass is 856 g/mol. The van der Waals surface area contributed by atoms with E-state index in [9.17, 15) is 32.7 Å². The van der Waals surface area contributed by atoms with Gasteiger partial charge in [-0.2, -0.15) is 8.42 Å². The first-order valence-electron chi connectivity index (χ1n) is 20.1. The summed E-state index contributed by atoms with van der Waals surface area (Å²) >= 11 is 0. The van der Waals surface area contributed by atoms with Gasteiger partial charge in [0.1, 0.15) is 23.1 Å². The van der Waals surface area contributed by atoms with Gasteiger partial charge in [0.25, 0.3) is 16.0 Å². The molecule has 0 spiro atoms. The molecule has 61 heavy (non-hydrogen) atoms. The summed E-state index contributed by atoms with van der Waals surface area (Å²) in [5.74, 6) is 1.08. The first-order chi connectivity index (χ1) is 29.1. The molecule has 4 saturated heterocycles. The Morgan fingerprint density at radius 2 is 1.20 bits per heavy atom. The van der Waals surface area contributed by atoms with Gasteiger partial charge in [-0.1, -0.05) is 59.7 Å². The topological polar surface area (TPSA) is 206 Å². The number of aromatic nitrogens is 2. The third-order valence-corrected chi connectivity index (χ3v) is 11.2. The van der Waals surface area contributed by atoms with Crippen LogP contribution in [0.4, 0.5) is 11.6 Å². The largest absolute Gasteiger partial charge is 0.506 e. The zero-order chi connectivity index (χ0) is 43.7. The van der Waals surface area contributed by atoms with Crippen LogP contribution in [-0.4, -0.2) is 138 Å². The van der Waals surface area contributed by atoms with E-state index in [1.54, 1.807) is 26.8 Å². The lowest BCUT2D eigenvalue weighted by Gasteiger charge is -2.36. The highest BCUT2D eigenvalue weighted by Gasteiger charge is 2.39. The number of anilines is 2. The van der Waals surface area contributed by atoms with Crippen LogP contribution in [0.15, 0.2) is 85.2 Å².